The third-order valence-electron chi connectivity index (χ3n) is 4.61. The first-order valence-corrected chi connectivity index (χ1v) is 10.5. The Labute approximate surface area is 174 Å². The summed E-state index contributed by atoms with van der Waals surface area (Å²) in [5.41, 5.74) is 2.93. The van der Waals surface area contributed by atoms with Gasteiger partial charge >= 0.3 is 5.97 Å². The summed E-state index contributed by atoms with van der Waals surface area (Å²) in [5.74, 6) is -0.546. The maximum atomic E-state index is 12.2. The van der Waals surface area contributed by atoms with Gasteiger partial charge in [-0.15, -0.1) is 11.8 Å². The number of aryl methyl sites for hydroxylation is 1. The van der Waals surface area contributed by atoms with Crippen LogP contribution in [0.5, 0.6) is 0 Å². The number of rotatable bonds is 7. The maximum Gasteiger partial charge on any atom is 0.308 e. The van der Waals surface area contributed by atoms with Crippen LogP contribution < -0.4 is 10.2 Å². The molecule has 3 rings (SSSR count). The van der Waals surface area contributed by atoms with E-state index >= 15 is 0 Å². The van der Waals surface area contributed by atoms with Gasteiger partial charge in [-0.2, -0.15) is 0 Å². The molecule has 1 aliphatic rings. The van der Waals surface area contributed by atoms with Crippen molar-refractivity contribution in [2.24, 2.45) is 0 Å². The van der Waals surface area contributed by atoms with Gasteiger partial charge in [0.05, 0.1) is 17.9 Å². The summed E-state index contributed by atoms with van der Waals surface area (Å²) in [6.07, 6.45) is -0.867. The lowest BCUT2D eigenvalue weighted by Gasteiger charge is -2.28. The number of carbonyl (C=O) groups is 3. The Morgan fingerprint density at radius 3 is 2.66 bits per heavy atom. The number of esters is 1. The molecule has 1 N–H and O–H groups in total. The number of nitrogens with zero attached hydrogens (tertiary/aromatic N) is 1. The van der Waals surface area contributed by atoms with Crippen LogP contribution in [0.2, 0.25) is 0 Å². The molecule has 2 aromatic rings. The molecule has 0 spiro atoms. The number of fused-ring (bicyclic) bond motifs is 1. The highest BCUT2D eigenvalue weighted by molar-refractivity contribution is 8.00. The summed E-state index contributed by atoms with van der Waals surface area (Å²) in [6.45, 7) is 4.14. The highest BCUT2D eigenvalue weighted by Gasteiger charge is 2.25. The van der Waals surface area contributed by atoms with Crippen LogP contribution in [-0.2, 0) is 25.7 Å². The molecule has 7 heteroatoms. The fourth-order valence-electron chi connectivity index (χ4n) is 2.95. The molecular formula is C22H24N2O4S. The average Bonchev–Trinajstić information content (AvgIpc) is 2.72. The van der Waals surface area contributed by atoms with Crippen LogP contribution in [0, 0.1) is 6.92 Å². The quantitative estimate of drug-likeness (QED) is 0.708. The lowest BCUT2D eigenvalue weighted by atomic mass is 10.1. The van der Waals surface area contributed by atoms with Crippen LogP contribution in [0.25, 0.3) is 0 Å². The minimum absolute atomic E-state index is 0.0281. The topological polar surface area (TPSA) is 75.7 Å². The molecule has 0 aromatic heterocycles. The Hall–Kier alpha value is -2.80. The molecule has 1 aliphatic heterocycles. The summed E-state index contributed by atoms with van der Waals surface area (Å²) in [5, 5.41) is 2.77. The number of nitrogens with one attached hydrogen (secondary N) is 1. The van der Waals surface area contributed by atoms with E-state index in [9.17, 15) is 14.4 Å². The van der Waals surface area contributed by atoms with Crippen LogP contribution >= 0.6 is 11.8 Å². The number of thioether (sulfide) groups is 1. The molecule has 0 bridgehead atoms. The molecule has 1 heterocycles. The number of anilines is 1. The first kappa shape index (κ1) is 20.9. The second-order valence-corrected chi connectivity index (χ2v) is 7.90. The monoisotopic (exact) mass is 412 g/mol. The minimum Gasteiger partial charge on any atom is -0.452 e. The van der Waals surface area contributed by atoms with E-state index in [2.05, 4.69) is 5.32 Å². The van der Waals surface area contributed by atoms with E-state index in [1.807, 2.05) is 55.5 Å². The number of ether oxygens (including phenoxy) is 1. The second-order valence-electron chi connectivity index (χ2n) is 6.89. The summed E-state index contributed by atoms with van der Waals surface area (Å²) in [4.78, 5) is 39.2. The Balaban J connectivity index is 1.47. The van der Waals surface area contributed by atoms with E-state index in [1.54, 1.807) is 11.8 Å². The van der Waals surface area contributed by atoms with E-state index in [0.29, 0.717) is 12.3 Å². The van der Waals surface area contributed by atoms with Crippen molar-refractivity contribution in [1.29, 1.82) is 0 Å². The zero-order valence-corrected chi connectivity index (χ0v) is 17.3. The molecule has 29 heavy (non-hydrogen) atoms. The van der Waals surface area contributed by atoms with E-state index in [4.69, 9.17) is 4.74 Å². The summed E-state index contributed by atoms with van der Waals surface area (Å²) < 4.78 is 5.24. The van der Waals surface area contributed by atoms with Crippen molar-refractivity contribution < 1.29 is 19.1 Å². The molecule has 152 valence electrons. The molecule has 0 aliphatic carbocycles. The van der Waals surface area contributed by atoms with E-state index in [-0.39, 0.29) is 24.8 Å². The predicted octanol–water partition coefficient (Wildman–Crippen LogP) is 3.07. The van der Waals surface area contributed by atoms with Gasteiger partial charge in [0.15, 0.2) is 6.10 Å². The van der Waals surface area contributed by atoms with Gasteiger partial charge in [0.2, 0.25) is 5.91 Å². The Morgan fingerprint density at radius 1 is 1.17 bits per heavy atom. The number of hydrogen-bond donors (Lipinski definition) is 1. The third kappa shape index (κ3) is 5.60. The molecule has 6 nitrogen and oxygen atoms in total. The number of amides is 2. The fourth-order valence-corrected chi connectivity index (χ4v) is 3.89. The number of hydrogen-bond acceptors (Lipinski definition) is 5. The summed E-state index contributed by atoms with van der Waals surface area (Å²) >= 11 is 1.49. The van der Waals surface area contributed by atoms with E-state index in [0.717, 1.165) is 21.7 Å². The average molecular weight is 413 g/mol. The summed E-state index contributed by atoms with van der Waals surface area (Å²) in [6, 6.07) is 15.4. The van der Waals surface area contributed by atoms with E-state index < -0.39 is 12.1 Å². The number of carbonyl (C=O) groups excluding carboxylic acids is 3. The maximum absolute atomic E-state index is 12.2. The normalized spacial score (nSPS) is 14.1. The van der Waals surface area contributed by atoms with Crippen molar-refractivity contribution in [2.75, 3.05) is 17.2 Å². The standard InChI is InChI=1S/C22H24N2O4S/c1-15-7-9-17(10-8-15)13-23-22(27)16(2)28-21(26)11-12-24-18-5-3-4-6-19(18)29-14-20(24)25/h3-10,16H,11-14H2,1-2H3,(H,23,27)/t16-/m1/s1. The van der Waals surface area contributed by atoms with Crippen molar-refractivity contribution in [3.8, 4) is 0 Å². The molecule has 1 atom stereocenters. The Morgan fingerprint density at radius 2 is 1.90 bits per heavy atom. The first-order valence-electron chi connectivity index (χ1n) is 9.49. The summed E-state index contributed by atoms with van der Waals surface area (Å²) in [7, 11) is 0. The van der Waals surface area contributed by atoms with Crippen molar-refractivity contribution in [2.45, 2.75) is 37.8 Å². The van der Waals surface area contributed by atoms with Gasteiger partial charge in [-0.1, -0.05) is 42.0 Å². The molecule has 0 unspecified atom stereocenters. The molecule has 0 fully saturated rings. The highest BCUT2D eigenvalue weighted by atomic mass is 32.2. The second kappa shape index (κ2) is 9.60. The zero-order chi connectivity index (χ0) is 20.8. The first-order chi connectivity index (χ1) is 13.9. The minimum atomic E-state index is -0.896. The Bertz CT molecular complexity index is 898. The lowest BCUT2D eigenvalue weighted by Crippen LogP contribution is -2.38. The van der Waals surface area contributed by atoms with Gasteiger partial charge in [0.1, 0.15) is 0 Å². The Kier molecular flexibility index (Phi) is 6.93. The molecule has 2 aromatic carbocycles. The number of benzene rings is 2. The molecule has 0 radical (unpaired) electrons. The molecular weight excluding hydrogens is 388 g/mol. The van der Waals surface area contributed by atoms with Gasteiger partial charge < -0.3 is 15.0 Å². The smallest absolute Gasteiger partial charge is 0.308 e. The van der Waals surface area contributed by atoms with Crippen LogP contribution in [0.4, 0.5) is 5.69 Å². The highest BCUT2D eigenvalue weighted by Crippen LogP contribution is 2.34. The van der Waals surface area contributed by atoms with Gasteiger partial charge in [-0.3, -0.25) is 14.4 Å². The third-order valence-corrected chi connectivity index (χ3v) is 5.66. The van der Waals surface area contributed by atoms with Gasteiger partial charge in [-0.25, -0.2) is 0 Å². The van der Waals surface area contributed by atoms with Gasteiger partial charge in [-0.05, 0) is 31.5 Å². The van der Waals surface area contributed by atoms with Crippen molar-refractivity contribution in [3.05, 3.63) is 59.7 Å². The molecule has 0 saturated heterocycles. The van der Waals surface area contributed by atoms with Crippen LogP contribution in [0.1, 0.15) is 24.5 Å². The SMILES string of the molecule is Cc1ccc(CNC(=O)[C@@H](C)OC(=O)CCN2C(=O)CSc3ccccc32)cc1. The van der Waals surface area contributed by atoms with E-state index in [1.165, 1.54) is 11.8 Å². The van der Waals surface area contributed by atoms with Crippen molar-refractivity contribution >= 4 is 35.2 Å². The lowest BCUT2D eigenvalue weighted by molar-refractivity contribution is -0.154. The predicted molar refractivity (Wildman–Crippen MR) is 113 cm³/mol. The largest absolute Gasteiger partial charge is 0.452 e. The van der Waals surface area contributed by atoms with Crippen LogP contribution in [0.3, 0.4) is 0 Å². The molecule has 0 saturated carbocycles. The van der Waals surface area contributed by atoms with Crippen molar-refractivity contribution in [3.63, 3.8) is 0 Å². The number of para-hydroxylation sites is 1. The van der Waals surface area contributed by atoms with Gasteiger partial charge in [0, 0.05) is 18.0 Å². The van der Waals surface area contributed by atoms with Crippen LogP contribution in [0.15, 0.2) is 53.4 Å². The zero-order valence-electron chi connectivity index (χ0n) is 16.5. The van der Waals surface area contributed by atoms with Crippen LogP contribution in [-0.4, -0.2) is 36.2 Å². The van der Waals surface area contributed by atoms with Gasteiger partial charge in [0.25, 0.3) is 5.91 Å². The fraction of sp³-hybridized carbons (Fsp3) is 0.318. The molecule has 2 amide bonds. The van der Waals surface area contributed by atoms with Crippen molar-refractivity contribution in [1.82, 2.24) is 5.32 Å².